The third-order valence-corrected chi connectivity index (χ3v) is 2.05. The van der Waals surface area contributed by atoms with Crippen LogP contribution in [-0.2, 0) is 15.8 Å². The number of nitrogen functional groups attached to an aromatic ring is 1. The van der Waals surface area contributed by atoms with Gasteiger partial charge in [-0.15, -0.1) is 0 Å². The molecule has 0 saturated carbocycles. The van der Waals surface area contributed by atoms with E-state index in [2.05, 4.69) is 4.98 Å². The van der Waals surface area contributed by atoms with Crippen molar-refractivity contribution in [3.63, 3.8) is 0 Å². The molecule has 0 aliphatic carbocycles. The molecule has 1 aromatic rings. The molecule has 15 heavy (non-hydrogen) atoms. The number of ether oxygens (including phenoxy) is 1. The van der Waals surface area contributed by atoms with Gasteiger partial charge < -0.3 is 15.4 Å². The van der Waals surface area contributed by atoms with Crippen molar-refractivity contribution in [3.8, 4) is 0 Å². The van der Waals surface area contributed by atoms with Crippen molar-refractivity contribution in [1.29, 1.82) is 0 Å². The number of rotatable bonds is 5. The van der Waals surface area contributed by atoms with Crippen molar-refractivity contribution in [2.45, 2.75) is 6.54 Å². The molecule has 3 N–H and O–H groups in total. The summed E-state index contributed by atoms with van der Waals surface area (Å²) in [6, 6.07) is 1.50. The lowest BCUT2D eigenvalue weighted by atomic mass is 10.5. The van der Waals surface area contributed by atoms with E-state index in [1.165, 1.54) is 16.8 Å². The monoisotopic (exact) mass is 233 g/mol. The van der Waals surface area contributed by atoms with Crippen LogP contribution in [0.2, 0.25) is 0 Å². The highest BCUT2D eigenvalue weighted by Gasteiger charge is 1.98. The van der Waals surface area contributed by atoms with Crippen molar-refractivity contribution in [2.75, 3.05) is 18.7 Å². The zero-order valence-electron chi connectivity index (χ0n) is 7.92. The lowest BCUT2D eigenvalue weighted by Crippen LogP contribution is -2.24. The minimum atomic E-state index is -2.60. The van der Waals surface area contributed by atoms with Gasteiger partial charge in [0.25, 0.3) is 0 Å². The molecule has 0 saturated heterocycles. The van der Waals surface area contributed by atoms with Crippen LogP contribution in [0.15, 0.2) is 17.1 Å². The first-order valence-corrected chi connectivity index (χ1v) is 5.78. The van der Waals surface area contributed by atoms with E-state index >= 15 is 0 Å². The lowest BCUT2D eigenvalue weighted by molar-refractivity contribution is 0.161. The highest BCUT2D eigenvalue weighted by molar-refractivity contribution is 7.37. The molecule has 0 aliphatic rings. The topological polar surface area (TPSA) is 107 Å². The van der Waals surface area contributed by atoms with Crippen LogP contribution in [0.1, 0.15) is 0 Å². The summed E-state index contributed by atoms with van der Waals surface area (Å²) in [5, 5.41) is 0. The Kier molecular flexibility index (Phi) is 4.48. The summed E-state index contributed by atoms with van der Waals surface area (Å²) in [4.78, 5) is 23.2. The van der Waals surface area contributed by atoms with Gasteiger partial charge in [0, 0.05) is 6.20 Å². The molecule has 0 spiro atoms. The number of anilines is 1. The summed E-state index contributed by atoms with van der Waals surface area (Å²) in [6.45, 7) is 0.462. The van der Waals surface area contributed by atoms with Gasteiger partial charge in [0.1, 0.15) is 12.2 Å². The second kappa shape index (κ2) is 5.65. The summed E-state index contributed by atoms with van der Waals surface area (Å²) in [7, 11) is -2.60. The first-order chi connectivity index (χ1) is 7.09. The first-order valence-electron chi connectivity index (χ1n) is 4.22. The Labute approximate surface area is 86.4 Å². The van der Waals surface area contributed by atoms with Crippen LogP contribution in [0.3, 0.4) is 0 Å². The maximum Gasteiger partial charge on any atom is 0.349 e. The SMILES string of the molecule is Nc1ccn(CCOC[PH](=O)O)c(=O)n1. The van der Waals surface area contributed by atoms with E-state index in [1.807, 2.05) is 0 Å². The Morgan fingerprint density at radius 2 is 2.40 bits per heavy atom. The molecule has 1 heterocycles. The summed E-state index contributed by atoms with van der Waals surface area (Å²) in [5.74, 6) is 0.164. The zero-order valence-corrected chi connectivity index (χ0v) is 8.92. The van der Waals surface area contributed by atoms with Crippen LogP contribution >= 0.6 is 8.03 Å². The predicted octanol–water partition coefficient (Wildman–Crippen LogP) is -0.733. The summed E-state index contributed by atoms with van der Waals surface area (Å²) in [6.07, 6.45) is 1.30. The third-order valence-electron chi connectivity index (χ3n) is 1.60. The summed E-state index contributed by atoms with van der Waals surface area (Å²) in [5.41, 5.74) is 4.83. The Hall–Kier alpha value is -1.17. The van der Waals surface area contributed by atoms with Gasteiger partial charge in [0.2, 0.25) is 8.03 Å². The van der Waals surface area contributed by atoms with Crippen LogP contribution in [0.25, 0.3) is 0 Å². The molecule has 0 bridgehead atoms. The van der Waals surface area contributed by atoms with Gasteiger partial charge in [-0.25, -0.2) is 4.79 Å². The van der Waals surface area contributed by atoms with E-state index < -0.39 is 13.7 Å². The van der Waals surface area contributed by atoms with E-state index in [0.717, 1.165) is 0 Å². The fourth-order valence-electron chi connectivity index (χ4n) is 0.935. The number of nitrogens with two attached hydrogens (primary N) is 1. The van der Waals surface area contributed by atoms with Gasteiger partial charge >= 0.3 is 5.69 Å². The standard InChI is InChI=1S/C7H12N3O4P/c8-6-1-2-10(7(11)9-6)3-4-14-5-15(12)13/h1-2,15H,3-5H2,(H,12,13)(H2,8,9,11). The fourth-order valence-corrected chi connectivity index (χ4v) is 1.25. The Bertz CT molecular complexity index is 405. The highest BCUT2D eigenvalue weighted by Crippen LogP contribution is 2.11. The zero-order chi connectivity index (χ0) is 11.3. The maximum absolute atomic E-state index is 11.2. The van der Waals surface area contributed by atoms with E-state index in [9.17, 15) is 9.36 Å². The average molecular weight is 233 g/mol. The Balaban J connectivity index is 2.44. The summed E-state index contributed by atoms with van der Waals surface area (Å²) >= 11 is 0. The second-order valence-electron chi connectivity index (χ2n) is 2.77. The molecule has 0 aliphatic heterocycles. The van der Waals surface area contributed by atoms with Gasteiger partial charge in [-0.1, -0.05) is 0 Å². The minimum absolute atomic E-state index is 0.164. The Morgan fingerprint density at radius 3 is 3.00 bits per heavy atom. The highest BCUT2D eigenvalue weighted by atomic mass is 31.1. The smallest absolute Gasteiger partial charge is 0.349 e. The number of hydrogen-bond donors (Lipinski definition) is 2. The van der Waals surface area contributed by atoms with Gasteiger partial charge in [-0.05, 0) is 6.07 Å². The van der Waals surface area contributed by atoms with Crippen LogP contribution in [0, 0.1) is 0 Å². The second-order valence-corrected chi connectivity index (χ2v) is 3.85. The number of hydrogen-bond acceptors (Lipinski definition) is 5. The van der Waals surface area contributed by atoms with Crippen LogP contribution in [-0.4, -0.2) is 27.4 Å². The number of nitrogens with zero attached hydrogens (tertiary/aromatic N) is 2. The normalized spacial score (nSPS) is 12.6. The quantitative estimate of drug-likeness (QED) is 0.512. The molecule has 8 heteroatoms. The van der Waals surface area contributed by atoms with Crippen LogP contribution in [0.5, 0.6) is 0 Å². The van der Waals surface area contributed by atoms with Gasteiger partial charge in [0.15, 0.2) is 0 Å². The van der Waals surface area contributed by atoms with E-state index in [0.29, 0.717) is 0 Å². The average Bonchev–Trinajstić information content (AvgIpc) is 2.14. The first kappa shape index (κ1) is 11.9. The molecule has 0 radical (unpaired) electrons. The van der Waals surface area contributed by atoms with Gasteiger partial charge in [-0.2, -0.15) is 4.98 Å². The van der Waals surface area contributed by atoms with Crippen molar-refractivity contribution < 1.29 is 14.2 Å². The molecule has 1 rings (SSSR count). The largest absolute Gasteiger partial charge is 0.383 e. The fraction of sp³-hybridized carbons (Fsp3) is 0.429. The number of aromatic nitrogens is 2. The van der Waals surface area contributed by atoms with Crippen molar-refractivity contribution in [3.05, 3.63) is 22.7 Å². The van der Waals surface area contributed by atoms with Crippen LogP contribution in [0.4, 0.5) is 5.82 Å². The van der Waals surface area contributed by atoms with Crippen molar-refractivity contribution in [2.24, 2.45) is 0 Å². The minimum Gasteiger partial charge on any atom is -0.383 e. The van der Waals surface area contributed by atoms with E-state index in [1.54, 1.807) is 0 Å². The molecule has 0 aromatic carbocycles. The van der Waals surface area contributed by atoms with Crippen molar-refractivity contribution >= 4 is 13.8 Å². The molecule has 0 fully saturated rings. The third kappa shape index (κ3) is 4.24. The van der Waals surface area contributed by atoms with Gasteiger partial charge in [0.05, 0.1) is 13.2 Å². The van der Waals surface area contributed by atoms with E-state index in [4.69, 9.17) is 15.4 Å². The Morgan fingerprint density at radius 1 is 1.67 bits per heavy atom. The van der Waals surface area contributed by atoms with E-state index in [-0.39, 0.29) is 25.3 Å². The molecular weight excluding hydrogens is 221 g/mol. The molecule has 84 valence electrons. The molecular formula is C7H12N3O4P. The maximum atomic E-state index is 11.2. The molecule has 0 amide bonds. The molecule has 7 nitrogen and oxygen atoms in total. The lowest BCUT2D eigenvalue weighted by Gasteiger charge is -2.04. The van der Waals surface area contributed by atoms with Crippen molar-refractivity contribution in [1.82, 2.24) is 9.55 Å². The molecule has 1 atom stereocenters. The van der Waals surface area contributed by atoms with Gasteiger partial charge in [-0.3, -0.25) is 9.13 Å². The summed E-state index contributed by atoms with van der Waals surface area (Å²) < 4.78 is 16.4. The molecule has 1 unspecified atom stereocenters. The molecule has 1 aromatic heterocycles. The van der Waals surface area contributed by atoms with Crippen LogP contribution < -0.4 is 11.4 Å². The predicted molar refractivity (Wildman–Crippen MR) is 54.9 cm³/mol.